The Balaban J connectivity index is 2.53. The number of anilines is 2. The fourth-order valence-corrected chi connectivity index (χ4v) is 2.18. The molecule has 1 aliphatic heterocycles. The minimum atomic E-state index is -1.46. The molecule has 0 aliphatic carbocycles. The van der Waals surface area contributed by atoms with Crippen LogP contribution < -0.4 is 15.8 Å². The van der Waals surface area contributed by atoms with Gasteiger partial charge in [-0.15, -0.1) is 0 Å². The summed E-state index contributed by atoms with van der Waals surface area (Å²) in [5, 5.41) is 3.18. The van der Waals surface area contributed by atoms with Crippen molar-refractivity contribution in [1.29, 1.82) is 0 Å². The molecule has 1 heterocycles. The predicted octanol–water partition coefficient (Wildman–Crippen LogP) is 0.828. The van der Waals surface area contributed by atoms with E-state index in [4.69, 9.17) is 5.73 Å². The van der Waals surface area contributed by atoms with Crippen LogP contribution in [0, 0.1) is 0 Å². The van der Waals surface area contributed by atoms with Gasteiger partial charge in [0, 0.05) is 12.2 Å². The van der Waals surface area contributed by atoms with Crippen molar-refractivity contribution in [1.82, 2.24) is 0 Å². The van der Waals surface area contributed by atoms with Gasteiger partial charge < -0.3 is 11.1 Å². The quantitative estimate of drug-likeness (QED) is 0.696. The minimum Gasteiger partial charge on any atom is -0.385 e. The lowest BCUT2D eigenvalue weighted by Gasteiger charge is -2.18. The van der Waals surface area contributed by atoms with Gasteiger partial charge in [0.15, 0.2) is 0 Å². The third kappa shape index (κ3) is 1.80. The van der Waals surface area contributed by atoms with Crippen molar-refractivity contribution >= 4 is 28.4 Å². The predicted molar refractivity (Wildman–Crippen MR) is 63.1 cm³/mol. The molecule has 1 aromatic rings. The molecule has 80 valence electrons. The number of amidine groups is 1. The normalized spacial score (nSPS) is 18.7. The summed E-state index contributed by atoms with van der Waals surface area (Å²) >= 11 is -1.46. The molecule has 1 aliphatic rings. The first-order chi connectivity index (χ1) is 7.22. The van der Waals surface area contributed by atoms with Crippen LogP contribution in [0.5, 0.6) is 0 Å². The van der Waals surface area contributed by atoms with Crippen LogP contribution in [0.2, 0.25) is 0 Å². The molecule has 0 saturated carbocycles. The van der Waals surface area contributed by atoms with Crippen LogP contribution in [0.25, 0.3) is 0 Å². The molecular weight excluding hydrogens is 212 g/mol. The Labute approximate surface area is 90.5 Å². The van der Waals surface area contributed by atoms with Gasteiger partial charge in [-0.3, -0.25) is 4.72 Å². The fourth-order valence-electron chi connectivity index (χ4n) is 1.50. The summed E-state index contributed by atoms with van der Waals surface area (Å²) < 4.78 is 17.8. The van der Waals surface area contributed by atoms with E-state index in [1.165, 1.54) is 0 Å². The van der Waals surface area contributed by atoms with Crippen LogP contribution in [0.3, 0.4) is 0 Å². The lowest BCUT2D eigenvalue weighted by Crippen LogP contribution is -2.24. The van der Waals surface area contributed by atoms with E-state index in [0.29, 0.717) is 5.84 Å². The molecule has 0 amide bonds. The average Bonchev–Trinajstić information content (AvgIpc) is 2.17. The standard InChI is InChI=1S/C9H12N4OS/c1-2-11-6-4-3-5-7-8(6)9(10)13-15(14)12-7/h3-5,11-12H,2H2,1H3,(H2,10,13). The van der Waals surface area contributed by atoms with Crippen molar-refractivity contribution in [2.45, 2.75) is 6.92 Å². The zero-order chi connectivity index (χ0) is 10.8. The maximum absolute atomic E-state index is 11.2. The highest BCUT2D eigenvalue weighted by Crippen LogP contribution is 2.27. The summed E-state index contributed by atoms with van der Waals surface area (Å²) in [6, 6.07) is 5.62. The largest absolute Gasteiger partial charge is 0.385 e. The monoisotopic (exact) mass is 224 g/mol. The second kappa shape index (κ2) is 3.90. The minimum absolute atomic E-state index is 0.304. The molecule has 1 unspecified atom stereocenters. The molecule has 2 rings (SSSR count). The third-order valence-electron chi connectivity index (χ3n) is 2.07. The van der Waals surface area contributed by atoms with Crippen LogP contribution >= 0.6 is 0 Å². The van der Waals surface area contributed by atoms with Gasteiger partial charge in [-0.1, -0.05) is 6.07 Å². The molecule has 0 bridgehead atoms. The molecule has 15 heavy (non-hydrogen) atoms. The van der Waals surface area contributed by atoms with E-state index in [1.54, 1.807) is 0 Å². The molecule has 0 saturated heterocycles. The number of rotatable bonds is 2. The van der Waals surface area contributed by atoms with Gasteiger partial charge in [-0.2, -0.15) is 4.40 Å². The van der Waals surface area contributed by atoms with E-state index in [0.717, 1.165) is 23.5 Å². The highest BCUT2D eigenvalue weighted by atomic mass is 32.2. The van der Waals surface area contributed by atoms with Crippen LogP contribution in [0.4, 0.5) is 11.4 Å². The number of hydrogen-bond acceptors (Lipinski definition) is 3. The van der Waals surface area contributed by atoms with Gasteiger partial charge in [0.2, 0.25) is 11.2 Å². The van der Waals surface area contributed by atoms with E-state index < -0.39 is 11.2 Å². The SMILES string of the molecule is CCNc1cccc2c1C(N)=NS(=O)N2. The molecule has 5 nitrogen and oxygen atoms in total. The zero-order valence-electron chi connectivity index (χ0n) is 8.28. The summed E-state index contributed by atoms with van der Waals surface area (Å²) in [4.78, 5) is 0. The Morgan fingerprint density at radius 2 is 2.40 bits per heavy atom. The van der Waals surface area contributed by atoms with Gasteiger partial charge in [0.1, 0.15) is 5.84 Å². The molecule has 0 spiro atoms. The fraction of sp³-hybridized carbons (Fsp3) is 0.222. The highest BCUT2D eigenvalue weighted by molar-refractivity contribution is 7.85. The van der Waals surface area contributed by atoms with Gasteiger partial charge >= 0.3 is 0 Å². The zero-order valence-corrected chi connectivity index (χ0v) is 9.10. The highest BCUT2D eigenvalue weighted by Gasteiger charge is 2.18. The Kier molecular flexibility index (Phi) is 2.59. The molecule has 6 heteroatoms. The van der Waals surface area contributed by atoms with Crippen molar-refractivity contribution < 1.29 is 4.21 Å². The number of benzene rings is 1. The average molecular weight is 224 g/mol. The number of nitrogens with zero attached hydrogens (tertiary/aromatic N) is 1. The van der Waals surface area contributed by atoms with E-state index in [-0.39, 0.29) is 0 Å². The van der Waals surface area contributed by atoms with Crippen molar-refractivity contribution in [2.24, 2.45) is 10.1 Å². The molecule has 0 fully saturated rings. The number of nitrogens with two attached hydrogens (primary N) is 1. The van der Waals surface area contributed by atoms with E-state index in [9.17, 15) is 4.21 Å². The number of hydrogen-bond donors (Lipinski definition) is 3. The molecule has 0 aromatic heterocycles. The van der Waals surface area contributed by atoms with Crippen molar-refractivity contribution in [3.8, 4) is 0 Å². The summed E-state index contributed by atoms with van der Waals surface area (Å²) in [6.45, 7) is 2.80. The lowest BCUT2D eigenvalue weighted by molar-refractivity contribution is 0.687. The van der Waals surface area contributed by atoms with Crippen molar-refractivity contribution in [3.63, 3.8) is 0 Å². The molecule has 0 radical (unpaired) electrons. The lowest BCUT2D eigenvalue weighted by atomic mass is 10.1. The summed E-state index contributed by atoms with van der Waals surface area (Å²) in [5.74, 6) is 0.304. The van der Waals surface area contributed by atoms with Crippen LogP contribution in [-0.2, 0) is 11.2 Å². The maximum atomic E-state index is 11.2. The van der Waals surface area contributed by atoms with Gasteiger partial charge in [-0.25, -0.2) is 4.21 Å². The van der Waals surface area contributed by atoms with E-state index >= 15 is 0 Å². The topological polar surface area (TPSA) is 79.5 Å². The van der Waals surface area contributed by atoms with Crippen LogP contribution in [-0.4, -0.2) is 16.6 Å². The molecule has 1 aromatic carbocycles. The Bertz CT molecular complexity index is 444. The number of nitrogens with one attached hydrogen (secondary N) is 2. The first-order valence-electron chi connectivity index (χ1n) is 4.62. The second-order valence-electron chi connectivity index (χ2n) is 3.09. The molecule has 1 atom stereocenters. The van der Waals surface area contributed by atoms with Gasteiger partial charge in [-0.05, 0) is 19.1 Å². The first-order valence-corrected chi connectivity index (χ1v) is 5.73. The Hall–Kier alpha value is -1.56. The summed E-state index contributed by atoms with van der Waals surface area (Å²) in [7, 11) is 0. The summed E-state index contributed by atoms with van der Waals surface area (Å²) in [5.41, 5.74) is 8.19. The molecular formula is C9H12N4OS. The van der Waals surface area contributed by atoms with Crippen LogP contribution in [0.15, 0.2) is 22.6 Å². The second-order valence-corrected chi connectivity index (χ2v) is 3.97. The van der Waals surface area contributed by atoms with Crippen molar-refractivity contribution in [2.75, 3.05) is 16.6 Å². The van der Waals surface area contributed by atoms with Gasteiger partial charge in [0.05, 0.1) is 11.3 Å². The Morgan fingerprint density at radius 3 is 3.13 bits per heavy atom. The van der Waals surface area contributed by atoms with Gasteiger partial charge in [0.25, 0.3) is 0 Å². The van der Waals surface area contributed by atoms with Crippen LogP contribution in [0.1, 0.15) is 12.5 Å². The first kappa shape index (κ1) is 9.97. The molecule has 4 N–H and O–H groups in total. The number of fused-ring (bicyclic) bond motifs is 1. The Morgan fingerprint density at radius 1 is 1.60 bits per heavy atom. The third-order valence-corrected chi connectivity index (χ3v) is 2.82. The van der Waals surface area contributed by atoms with Crippen molar-refractivity contribution in [3.05, 3.63) is 23.8 Å². The summed E-state index contributed by atoms with van der Waals surface area (Å²) in [6.07, 6.45) is 0. The van der Waals surface area contributed by atoms with E-state index in [1.807, 2.05) is 25.1 Å². The smallest absolute Gasteiger partial charge is 0.245 e. The van der Waals surface area contributed by atoms with E-state index in [2.05, 4.69) is 14.4 Å². The maximum Gasteiger partial charge on any atom is 0.245 e.